The summed E-state index contributed by atoms with van der Waals surface area (Å²) in [5, 5.41) is 3.13. The predicted molar refractivity (Wildman–Crippen MR) is 117 cm³/mol. The molecule has 5 nitrogen and oxygen atoms in total. The zero-order valence-corrected chi connectivity index (χ0v) is 19.0. The molecule has 2 heterocycles. The molecule has 28 heavy (non-hydrogen) atoms. The molecular formula is C22H43N3O2S. The van der Waals surface area contributed by atoms with Gasteiger partial charge in [-0.15, -0.1) is 0 Å². The lowest BCUT2D eigenvalue weighted by molar-refractivity contribution is 0.149. The molecule has 1 spiro atoms. The summed E-state index contributed by atoms with van der Waals surface area (Å²) in [6, 6.07) is 0.592. The normalized spacial score (nSPS) is 28.8. The third-order valence-corrected chi connectivity index (χ3v) is 9.72. The van der Waals surface area contributed by atoms with Crippen molar-refractivity contribution >= 4 is 10.0 Å². The highest BCUT2D eigenvalue weighted by atomic mass is 32.2. The zero-order valence-electron chi connectivity index (χ0n) is 18.2. The van der Waals surface area contributed by atoms with Gasteiger partial charge in [0.15, 0.2) is 0 Å². The van der Waals surface area contributed by atoms with E-state index >= 15 is 0 Å². The smallest absolute Gasteiger partial charge is 0.216 e. The fraction of sp³-hybridized carbons (Fsp3) is 1.00. The summed E-state index contributed by atoms with van der Waals surface area (Å²) in [6.07, 6.45) is 13.0. The Kier molecular flexibility index (Phi) is 8.23. The number of hydrogen-bond acceptors (Lipinski definition) is 4. The highest BCUT2D eigenvalue weighted by Crippen LogP contribution is 2.43. The van der Waals surface area contributed by atoms with Crippen molar-refractivity contribution in [3.8, 4) is 0 Å². The third-order valence-electron chi connectivity index (χ3n) is 7.74. The van der Waals surface area contributed by atoms with Crippen LogP contribution in [0.15, 0.2) is 0 Å². The minimum absolute atomic E-state index is 0.0115. The standard InChI is InChI=1S/C22H43N3O2S/c1-19(2)25-15-9-20(10-16-25)17-24-28(26,27)21-18-23-14-13-22(21)11-7-5-3-4-6-8-12-22/h19-21,23-24H,3-18H2,1-2H3. The highest BCUT2D eigenvalue weighted by Gasteiger charge is 2.46. The SMILES string of the molecule is CC(C)N1CCC(CNS(=O)(=O)C2CNCCC23CCCCCCCC3)CC1. The van der Waals surface area contributed by atoms with Crippen molar-refractivity contribution in [3.63, 3.8) is 0 Å². The predicted octanol–water partition coefficient (Wildman–Crippen LogP) is 3.51. The summed E-state index contributed by atoms with van der Waals surface area (Å²) in [7, 11) is -3.29. The van der Waals surface area contributed by atoms with Gasteiger partial charge in [-0.2, -0.15) is 0 Å². The van der Waals surface area contributed by atoms with E-state index in [1.165, 1.54) is 38.5 Å². The van der Waals surface area contributed by atoms with Crippen LogP contribution in [0.1, 0.15) is 84.5 Å². The molecule has 2 N–H and O–H groups in total. The lowest BCUT2D eigenvalue weighted by Gasteiger charge is -2.44. The van der Waals surface area contributed by atoms with E-state index in [-0.39, 0.29) is 10.7 Å². The molecular weight excluding hydrogens is 370 g/mol. The second-order valence-electron chi connectivity index (χ2n) is 9.89. The van der Waals surface area contributed by atoms with E-state index in [2.05, 4.69) is 28.8 Å². The van der Waals surface area contributed by atoms with Crippen molar-refractivity contribution in [2.24, 2.45) is 11.3 Å². The lowest BCUT2D eigenvalue weighted by Crippen LogP contribution is -2.56. The molecule has 1 unspecified atom stereocenters. The number of likely N-dealkylation sites (tertiary alicyclic amines) is 1. The monoisotopic (exact) mass is 413 g/mol. The Labute approximate surface area is 173 Å². The zero-order chi connectivity index (χ0) is 20.0. The Balaban J connectivity index is 1.61. The quantitative estimate of drug-likeness (QED) is 0.724. The van der Waals surface area contributed by atoms with Gasteiger partial charge in [0.25, 0.3) is 0 Å². The molecule has 2 saturated heterocycles. The van der Waals surface area contributed by atoms with Crippen molar-refractivity contribution in [1.29, 1.82) is 0 Å². The van der Waals surface area contributed by atoms with Crippen molar-refractivity contribution in [2.75, 3.05) is 32.7 Å². The lowest BCUT2D eigenvalue weighted by atomic mass is 9.71. The highest BCUT2D eigenvalue weighted by molar-refractivity contribution is 7.90. The average Bonchev–Trinajstić information content (AvgIpc) is 2.80. The molecule has 0 aromatic carbocycles. The topological polar surface area (TPSA) is 61.4 Å². The van der Waals surface area contributed by atoms with Gasteiger partial charge in [-0.25, -0.2) is 13.1 Å². The maximum Gasteiger partial charge on any atom is 0.216 e. The van der Waals surface area contributed by atoms with Crippen LogP contribution >= 0.6 is 0 Å². The van der Waals surface area contributed by atoms with Gasteiger partial charge in [0.05, 0.1) is 5.25 Å². The minimum atomic E-state index is -3.29. The summed E-state index contributed by atoms with van der Waals surface area (Å²) in [4.78, 5) is 2.50. The van der Waals surface area contributed by atoms with Gasteiger partial charge >= 0.3 is 0 Å². The molecule has 3 rings (SSSR count). The van der Waals surface area contributed by atoms with Gasteiger partial charge < -0.3 is 10.2 Å². The molecule has 6 heteroatoms. The molecule has 0 aromatic rings. The van der Waals surface area contributed by atoms with Crippen LogP contribution in [0.25, 0.3) is 0 Å². The van der Waals surface area contributed by atoms with E-state index in [4.69, 9.17) is 0 Å². The average molecular weight is 414 g/mol. The number of piperidine rings is 2. The first-order valence-corrected chi connectivity index (χ1v) is 13.4. The Bertz CT molecular complexity index is 560. The van der Waals surface area contributed by atoms with Gasteiger partial charge in [0, 0.05) is 19.1 Å². The Morgan fingerprint density at radius 2 is 1.61 bits per heavy atom. The number of nitrogens with zero attached hydrogens (tertiary/aromatic N) is 1. The number of rotatable bonds is 5. The summed E-state index contributed by atoms with van der Waals surface area (Å²) in [5.74, 6) is 0.484. The van der Waals surface area contributed by atoms with Crippen molar-refractivity contribution in [1.82, 2.24) is 14.9 Å². The summed E-state index contributed by atoms with van der Waals surface area (Å²) < 4.78 is 29.9. The molecule has 1 aliphatic carbocycles. The number of hydrogen-bond donors (Lipinski definition) is 2. The maximum absolute atomic E-state index is 13.4. The molecule has 164 valence electrons. The van der Waals surface area contributed by atoms with Crippen LogP contribution in [-0.4, -0.2) is 57.3 Å². The largest absolute Gasteiger partial charge is 0.315 e. The summed E-state index contributed by atoms with van der Waals surface area (Å²) in [6.45, 7) is 8.91. The van der Waals surface area contributed by atoms with Gasteiger partial charge in [-0.1, -0.05) is 38.5 Å². The van der Waals surface area contributed by atoms with Crippen LogP contribution in [0.5, 0.6) is 0 Å². The Morgan fingerprint density at radius 1 is 1.00 bits per heavy atom. The van der Waals surface area contributed by atoms with Crippen LogP contribution in [0.3, 0.4) is 0 Å². The van der Waals surface area contributed by atoms with Crippen LogP contribution in [0.4, 0.5) is 0 Å². The van der Waals surface area contributed by atoms with Gasteiger partial charge in [-0.3, -0.25) is 0 Å². The van der Waals surface area contributed by atoms with E-state index < -0.39 is 10.0 Å². The van der Waals surface area contributed by atoms with Gasteiger partial charge in [-0.05, 0) is 76.9 Å². The van der Waals surface area contributed by atoms with Crippen molar-refractivity contribution in [3.05, 3.63) is 0 Å². The third kappa shape index (κ3) is 5.71. The molecule has 2 aliphatic heterocycles. The number of sulfonamides is 1. The van der Waals surface area contributed by atoms with Crippen LogP contribution < -0.4 is 10.0 Å². The molecule has 1 atom stereocenters. The maximum atomic E-state index is 13.4. The van der Waals surface area contributed by atoms with Crippen molar-refractivity contribution in [2.45, 2.75) is 95.8 Å². The second kappa shape index (κ2) is 10.2. The van der Waals surface area contributed by atoms with E-state index in [0.717, 1.165) is 51.7 Å². The van der Waals surface area contributed by atoms with E-state index in [1.54, 1.807) is 0 Å². The van der Waals surface area contributed by atoms with Gasteiger partial charge in [0.2, 0.25) is 10.0 Å². The summed E-state index contributed by atoms with van der Waals surface area (Å²) >= 11 is 0. The molecule has 1 saturated carbocycles. The van der Waals surface area contributed by atoms with Crippen LogP contribution in [0, 0.1) is 11.3 Å². The minimum Gasteiger partial charge on any atom is -0.315 e. The fourth-order valence-corrected chi connectivity index (χ4v) is 7.77. The first kappa shape index (κ1) is 22.5. The molecule has 0 amide bonds. The van der Waals surface area contributed by atoms with Crippen LogP contribution in [0.2, 0.25) is 0 Å². The fourth-order valence-electron chi connectivity index (χ4n) is 5.75. The summed E-state index contributed by atoms with van der Waals surface area (Å²) in [5.41, 5.74) is -0.0115. The first-order valence-electron chi connectivity index (χ1n) is 11.9. The second-order valence-corrected chi connectivity index (χ2v) is 11.8. The van der Waals surface area contributed by atoms with E-state index in [0.29, 0.717) is 25.0 Å². The molecule has 3 aliphatic rings. The van der Waals surface area contributed by atoms with Crippen molar-refractivity contribution < 1.29 is 8.42 Å². The Hall–Kier alpha value is -0.170. The number of nitrogens with one attached hydrogen (secondary N) is 2. The molecule has 0 aromatic heterocycles. The Morgan fingerprint density at radius 3 is 2.21 bits per heavy atom. The first-order chi connectivity index (χ1) is 13.4. The molecule has 0 radical (unpaired) electrons. The van der Waals surface area contributed by atoms with Crippen LogP contribution in [-0.2, 0) is 10.0 Å². The van der Waals surface area contributed by atoms with E-state index in [9.17, 15) is 8.42 Å². The van der Waals surface area contributed by atoms with Gasteiger partial charge in [0.1, 0.15) is 0 Å². The molecule has 3 fully saturated rings. The van der Waals surface area contributed by atoms with E-state index in [1.807, 2.05) is 0 Å². The molecule has 0 bridgehead atoms.